The van der Waals surface area contributed by atoms with Gasteiger partial charge in [0.15, 0.2) is 0 Å². The van der Waals surface area contributed by atoms with Crippen LogP contribution < -0.4 is 9.62 Å². The lowest BCUT2D eigenvalue weighted by Crippen LogP contribution is -2.53. The molecular weight excluding hydrogens is 556 g/mol. The number of hydrogen-bond acceptors (Lipinski definition) is 4. The molecule has 0 fully saturated rings. The molecule has 0 spiro atoms. The van der Waals surface area contributed by atoms with Crippen LogP contribution in [0.5, 0.6) is 0 Å². The molecule has 0 saturated heterocycles. The molecule has 192 valence electrons. The number of nitrogens with one attached hydrogen (secondary N) is 1. The minimum atomic E-state index is -3.91. The second-order valence-corrected chi connectivity index (χ2v) is 11.7. The van der Waals surface area contributed by atoms with Crippen molar-refractivity contribution in [2.45, 2.75) is 45.8 Å². The van der Waals surface area contributed by atoms with E-state index in [2.05, 4.69) is 5.32 Å². The van der Waals surface area contributed by atoms with Gasteiger partial charge < -0.3 is 10.2 Å². The third-order valence-corrected chi connectivity index (χ3v) is 7.67. The number of carbonyl (C=O) groups excluding carboxylic acids is 2. The van der Waals surface area contributed by atoms with E-state index in [-0.39, 0.29) is 40.6 Å². The Balaban J connectivity index is 2.52. The summed E-state index contributed by atoms with van der Waals surface area (Å²) in [5, 5.41) is 3.82. The van der Waals surface area contributed by atoms with Crippen LogP contribution in [0.4, 0.5) is 5.69 Å². The van der Waals surface area contributed by atoms with E-state index in [0.717, 1.165) is 10.6 Å². The van der Waals surface area contributed by atoms with Gasteiger partial charge in [0, 0.05) is 28.2 Å². The molecule has 2 rings (SSSR count). The number of nitrogens with zero attached hydrogens (tertiary/aromatic N) is 2. The van der Waals surface area contributed by atoms with Gasteiger partial charge in [0.05, 0.1) is 22.0 Å². The Kier molecular flexibility index (Phi) is 10.5. The van der Waals surface area contributed by atoms with Crippen molar-refractivity contribution in [3.8, 4) is 0 Å². The van der Waals surface area contributed by atoms with Crippen molar-refractivity contribution in [3.63, 3.8) is 0 Å². The molecule has 0 aromatic heterocycles. The van der Waals surface area contributed by atoms with Crippen LogP contribution in [0.1, 0.15) is 32.8 Å². The van der Waals surface area contributed by atoms with Crippen molar-refractivity contribution in [1.29, 1.82) is 0 Å². The number of amides is 2. The van der Waals surface area contributed by atoms with Gasteiger partial charge in [-0.05, 0) is 50.6 Å². The third kappa shape index (κ3) is 7.89. The predicted molar refractivity (Wildman–Crippen MR) is 143 cm³/mol. The monoisotopic (exact) mass is 581 g/mol. The zero-order valence-electron chi connectivity index (χ0n) is 19.7. The van der Waals surface area contributed by atoms with Crippen molar-refractivity contribution < 1.29 is 18.0 Å². The van der Waals surface area contributed by atoms with Crippen LogP contribution in [-0.2, 0) is 26.2 Å². The van der Waals surface area contributed by atoms with E-state index in [9.17, 15) is 18.0 Å². The van der Waals surface area contributed by atoms with Crippen LogP contribution in [0, 0.1) is 0 Å². The molecule has 1 atom stereocenters. The van der Waals surface area contributed by atoms with Gasteiger partial charge >= 0.3 is 0 Å². The first-order chi connectivity index (χ1) is 16.3. The molecule has 1 unspecified atom stereocenters. The maximum atomic E-state index is 13.6. The number of hydrogen-bond donors (Lipinski definition) is 1. The first kappa shape index (κ1) is 29.5. The lowest BCUT2D eigenvalue weighted by Gasteiger charge is -2.33. The van der Waals surface area contributed by atoms with E-state index < -0.39 is 28.5 Å². The first-order valence-corrected chi connectivity index (χ1v) is 14.1. The smallest absolute Gasteiger partial charge is 0.244 e. The minimum absolute atomic E-state index is 0.0969. The van der Waals surface area contributed by atoms with Gasteiger partial charge in [-0.1, -0.05) is 59.4 Å². The van der Waals surface area contributed by atoms with Gasteiger partial charge in [0.25, 0.3) is 0 Å². The molecule has 0 saturated carbocycles. The van der Waals surface area contributed by atoms with E-state index in [1.165, 1.54) is 23.1 Å². The molecule has 12 heteroatoms. The Labute approximate surface area is 226 Å². The summed E-state index contributed by atoms with van der Waals surface area (Å²) in [7, 11) is -3.91. The van der Waals surface area contributed by atoms with E-state index in [1.54, 1.807) is 39.0 Å². The van der Waals surface area contributed by atoms with Crippen LogP contribution in [0.2, 0.25) is 20.1 Å². The highest BCUT2D eigenvalue weighted by molar-refractivity contribution is 7.92. The van der Waals surface area contributed by atoms with Crippen molar-refractivity contribution in [2.75, 3.05) is 17.1 Å². The molecule has 7 nitrogen and oxygen atoms in total. The summed E-state index contributed by atoms with van der Waals surface area (Å²) in [5.41, 5.74) is 0.603. The number of rotatable bonds is 10. The van der Waals surface area contributed by atoms with Gasteiger partial charge in [-0.15, -0.1) is 0 Å². The normalized spacial score (nSPS) is 12.4. The average molecular weight is 583 g/mol. The Morgan fingerprint density at radius 2 is 1.57 bits per heavy atom. The van der Waals surface area contributed by atoms with E-state index in [0.29, 0.717) is 15.6 Å². The number of anilines is 1. The van der Waals surface area contributed by atoms with Crippen LogP contribution >= 0.6 is 46.4 Å². The number of benzene rings is 2. The number of halogens is 4. The van der Waals surface area contributed by atoms with E-state index in [1.807, 2.05) is 0 Å². The van der Waals surface area contributed by atoms with Gasteiger partial charge in [-0.25, -0.2) is 8.42 Å². The Bertz CT molecular complexity index is 1170. The number of carbonyl (C=O) groups is 2. The van der Waals surface area contributed by atoms with Crippen LogP contribution in [-0.4, -0.2) is 50.0 Å². The maximum Gasteiger partial charge on any atom is 0.244 e. The SMILES string of the molecule is CCC(C(=O)NC(C)C)N(Cc1c(Cl)cccc1Cl)C(=O)CN(c1ccc(Cl)c(Cl)c1)S(C)(=O)=O. The summed E-state index contributed by atoms with van der Waals surface area (Å²) in [4.78, 5) is 27.9. The standard InChI is InChI=1S/C23H27Cl4N3O4S/c1-5-21(23(32)28-14(2)3)29(12-16-17(24)7-6-8-18(16)25)22(31)13-30(35(4,33)34)15-9-10-19(26)20(27)11-15/h6-11,14,21H,5,12-13H2,1-4H3,(H,28,32). The molecule has 0 radical (unpaired) electrons. The number of sulfonamides is 1. The Morgan fingerprint density at radius 3 is 2.06 bits per heavy atom. The summed E-state index contributed by atoms with van der Waals surface area (Å²) in [5.74, 6) is -0.997. The molecule has 2 aromatic carbocycles. The molecule has 1 N–H and O–H groups in total. The van der Waals surface area contributed by atoms with Gasteiger partial charge in [-0.3, -0.25) is 13.9 Å². The maximum absolute atomic E-state index is 13.6. The lowest BCUT2D eigenvalue weighted by atomic mass is 10.1. The van der Waals surface area contributed by atoms with Crippen molar-refractivity contribution >= 4 is 73.9 Å². The summed E-state index contributed by atoms with van der Waals surface area (Å²) < 4.78 is 26.2. The fraction of sp³-hybridized carbons (Fsp3) is 0.391. The van der Waals surface area contributed by atoms with Gasteiger partial charge in [0.2, 0.25) is 21.8 Å². The predicted octanol–water partition coefficient (Wildman–Crippen LogP) is 5.40. The lowest BCUT2D eigenvalue weighted by molar-refractivity contribution is -0.140. The van der Waals surface area contributed by atoms with E-state index in [4.69, 9.17) is 46.4 Å². The first-order valence-electron chi connectivity index (χ1n) is 10.7. The fourth-order valence-corrected chi connectivity index (χ4v) is 5.06. The Hall–Kier alpha value is -1.71. The minimum Gasteiger partial charge on any atom is -0.352 e. The molecule has 0 aliphatic rings. The molecule has 0 bridgehead atoms. The molecule has 0 aliphatic carbocycles. The summed E-state index contributed by atoms with van der Waals surface area (Å²) >= 11 is 24.7. The van der Waals surface area contributed by atoms with Gasteiger partial charge in [-0.2, -0.15) is 0 Å². The van der Waals surface area contributed by atoms with Crippen molar-refractivity contribution in [1.82, 2.24) is 10.2 Å². The zero-order valence-corrected chi connectivity index (χ0v) is 23.5. The molecule has 0 heterocycles. The second-order valence-electron chi connectivity index (χ2n) is 8.18. The molecule has 2 amide bonds. The Morgan fingerprint density at radius 1 is 0.971 bits per heavy atom. The third-order valence-electron chi connectivity index (χ3n) is 5.08. The van der Waals surface area contributed by atoms with Crippen LogP contribution in [0.25, 0.3) is 0 Å². The molecule has 35 heavy (non-hydrogen) atoms. The van der Waals surface area contributed by atoms with Crippen LogP contribution in [0.3, 0.4) is 0 Å². The second kappa shape index (κ2) is 12.5. The molecular formula is C23H27Cl4N3O4S. The highest BCUT2D eigenvalue weighted by Crippen LogP contribution is 2.30. The fourth-order valence-electron chi connectivity index (χ4n) is 3.41. The van der Waals surface area contributed by atoms with Crippen molar-refractivity contribution in [2.24, 2.45) is 0 Å². The summed E-state index contributed by atoms with van der Waals surface area (Å²) in [6.07, 6.45) is 1.25. The average Bonchev–Trinajstić information content (AvgIpc) is 2.74. The highest BCUT2D eigenvalue weighted by Gasteiger charge is 2.32. The largest absolute Gasteiger partial charge is 0.352 e. The highest BCUT2D eigenvalue weighted by atomic mass is 35.5. The topological polar surface area (TPSA) is 86.8 Å². The summed E-state index contributed by atoms with van der Waals surface area (Å²) in [6, 6.07) is 8.09. The van der Waals surface area contributed by atoms with Crippen molar-refractivity contribution in [3.05, 3.63) is 62.1 Å². The zero-order chi connectivity index (χ0) is 26.5. The summed E-state index contributed by atoms with van der Waals surface area (Å²) in [6.45, 7) is 4.69. The van der Waals surface area contributed by atoms with Crippen LogP contribution in [0.15, 0.2) is 36.4 Å². The molecule has 0 aliphatic heterocycles. The van der Waals surface area contributed by atoms with E-state index >= 15 is 0 Å². The molecule has 2 aromatic rings. The van der Waals surface area contributed by atoms with Gasteiger partial charge in [0.1, 0.15) is 12.6 Å². The quantitative estimate of drug-likeness (QED) is 0.406.